The summed E-state index contributed by atoms with van der Waals surface area (Å²) in [5.41, 5.74) is 5.80. The Balaban J connectivity index is 1.85. The second-order valence-electron chi connectivity index (χ2n) is 6.30. The van der Waals surface area contributed by atoms with E-state index in [1.54, 1.807) is 24.8 Å². The fraction of sp³-hybridized carbons (Fsp3) is 0.389. The standard InChI is InChI=1S/C18H22N6O4S2/c1-10(6-7-19)20-17-22-23-18(30-17)21-15(25)12-9-11(14(27-2)16(26)28-12)24-8-4-5-13(24)29-3/h6-7,9,13H,4-5,8,19H2,1-3H3,(H,21,23,25)/b7-6-,20-10+. The number of nitrogens with zero attached hydrogens (tertiary/aromatic N) is 4. The lowest BCUT2D eigenvalue weighted by atomic mass is 10.3. The predicted molar refractivity (Wildman–Crippen MR) is 119 cm³/mol. The molecule has 3 N–H and O–H groups in total. The second-order valence-corrected chi connectivity index (χ2v) is 8.27. The first-order valence-corrected chi connectivity index (χ1v) is 11.2. The molecule has 2 aromatic rings. The van der Waals surface area contributed by atoms with E-state index in [4.69, 9.17) is 14.9 Å². The van der Waals surface area contributed by atoms with E-state index in [0.29, 0.717) is 16.5 Å². The average Bonchev–Trinajstić information content (AvgIpc) is 3.36. The molecule has 1 amide bonds. The number of anilines is 2. The van der Waals surface area contributed by atoms with Gasteiger partial charge in [0.25, 0.3) is 5.91 Å². The van der Waals surface area contributed by atoms with Crippen LogP contribution in [-0.4, -0.2) is 47.1 Å². The number of aliphatic imine (C=N–C) groups is 1. The van der Waals surface area contributed by atoms with Crippen molar-refractivity contribution in [3.63, 3.8) is 0 Å². The number of allylic oxidation sites excluding steroid dienone is 1. The van der Waals surface area contributed by atoms with Gasteiger partial charge < -0.3 is 19.8 Å². The van der Waals surface area contributed by atoms with Gasteiger partial charge in [0.2, 0.25) is 16.0 Å². The van der Waals surface area contributed by atoms with Crippen LogP contribution < -0.4 is 26.3 Å². The van der Waals surface area contributed by atoms with E-state index in [-0.39, 0.29) is 22.0 Å². The lowest BCUT2D eigenvalue weighted by molar-refractivity contribution is 0.0991. The van der Waals surface area contributed by atoms with E-state index < -0.39 is 11.5 Å². The van der Waals surface area contributed by atoms with Crippen LogP contribution in [0.1, 0.15) is 30.3 Å². The Kier molecular flexibility index (Phi) is 7.11. The van der Waals surface area contributed by atoms with Crippen LogP contribution in [0.2, 0.25) is 0 Å². The normalized spacial score (nSPS) is 17.0. The molecule has 10 nitrogen and oxygen atoms in total. The second kappa shape index (κ2) is 9.76. The molecule has 3 heterocycles. The molecule has 0 radical (unpaired) electrons. The Labute approximate surface area is 181 Å². The smallest absolute Gasteiger partial charge is 0.381 e. The van der Waals surface area contributed by atoms with E-state index in [9.17, 15) is 9.59 Å². The molecule has 1 aliphatic rings. The van der Waals surface area contributed by atoms with E-state index in [1.807, 2.05) is 6.26 Å². The average molecular weight is 451 g/mol. The van der Waals surface area contributed by atoms with E-state index in [1.165, 1.54) is 19.4 Å². The quantitative estimate of drug-likeness (QED) is 0.610. The van der Waals surface area contributed by atoms with Crippen molar-refractivity contribution in [3.05, 3.63) is 34.5 Å². The molecule has 1 aliphatic heterocycles. The maximum absolute atomic E-state index is 12.7. The number of nitrogens with one attached hydrogen (secondary N) is 1. The zero-order chi connectivity index (χ0) is 21.7. The number of methoxy groups -OCH3 is 1. The fourth-order valence-electron chi connectivity index (χ4n) is 3.04. The molecule has 0 spiro atoms. The summed E-state index contributed by atoms with van der Waals surface area (Å²) in [4.78, 5) is 31.4. The Hall–Kier alpha value is -2.86. The molecule has 160 valence electrons. The lowest BCUT2D eigenvalue weighted by Gasteiger charge is -2.26. The van der Waals surface area contributed by atoms with Crippen molar-refractivity contribution in [1.82, 2.24) is 10.2 Å². The number of thioether (sulfide) groups is 1. The maximum atomic E-state index is 12.7. The number of ether oxygens (including phenoxy) is 1. The monoisotopic (exact) mass is 450 g/mol. The van der Waals surface area contributed by atoms with E-state index >= 15 is 0 Å². The first kappa shape index (κ1) is 21.8. The highest BCUT2D eigenvalue weighted by atomic mass is 32.2. The van der Waals surface area contributed by atoms with Gasteiger partial charge in [-0.25, -0.2) is 9.79 Å². The van der Waals surface area contributed by atoms with Gasteiger partial charge in [-0.15, -0.1) is 22.0 Å². The molecule has 0 bridgehead atoms. The Morgan fingerprint density at radius 3 is 3.03 bits per heavy atom. The van der Waals surface area contributed by atoms with Gasteiger partial charge in [0.1, 0.15) is 0 Å². The number of nitrogens with two attached hydrogens (primary N) is 1. The van der Waals surface area contributed by atoms with E-state index in [0.717, 1.165) is 30.7 Å². The molecule has 2 aromatic heterocycles. The summed E-state index contributed by atoms with van der Waals surface area (Å²) in [7, 11) is 1.41. The number of carbonyl (C=O) groups excluding carboxylic acids is 1. The predicted octanol–water partition coefficient (Wildman–Crippen LogP) is 2.61. The molecule has 30 heavy (non-hydrogen) atoms. The minimum Gasteiger partial charge on any atom is -0.488 e. The largest absolute Gasteiger partial charge is 0.488 e. The van der Waals surface area contributed by atoms with Crippen LogP contribution in [0.15, 0.2) is 32.5 Å². The molecule has 1 fully saturated rings. The summed E-state index contributed by atoms with van der Waals surface area (Å²) >= 11 is 2.76. The number of amides is 1. The number of aromatic nitrogens is 2. The van der Waals surface area contributed by atoms with Crippen molar-refractivity contribution in [3.8, 4) is 5.75 Å². The SMILES string of the molecule is COc1c(N2CCCC2SC)cc(C(=O)Nc2nnc(/N=C(C)/C=C\N)s2)oc1=O. The molecule has 12 heteroatoms. The molecular weight excluding hydrogens is 428 g/mol. The summed E-state index contributed by atoms with van der Waals surface area (Å²) in [6.45, 7) is 2.53. The van der Waals surface area contributed by atoms with E-state index in [2.05, 4.69) is 25.4 Å². The summed E-state index contributed by atoms with van der Waals surface area (Å²) in [6, 6.07) is 1.53. The molecule has 0 aromatic carbocycles. The number of rotatable bonds is 7. The van der Waals surface area contributed by atoms with Gasteiger partial charge >= 0.3 is 5.63 Å². The Morgan fingerprint density at radius 1 is 1.53 bits per heavy atom. The van der Waals surface area contributed by atoms with Gasteiger partial charge in [-0.3, -0.25) is 10.1 Å². The van der Waals surface area contributed by atoms with Crippen molar-refractivity contribution in [1.29, 1.82) is 0 Å². The molecule has 0 saturated carbocycles. The zero-order valence-corrected chi connectivity index (χ0v) is 18.4. The Morgan fingerprint density at radius 2 is 2.33 bits per heavy atom. The highest BCUT2D eigenvalue weighted by molar-refractivity contribution is 7.99. The molecule has 1 saturated heterocycles. The van der Waals surface area contributed by atoms with Gasteiger partial charge in [-0.05, 0) is 38.3 Å². The summed E-state index contributed by atoms with van der Waals surface area (Å²) < 4.78 is 10.4. The van der Waals surface area contributed by atoms with Gasteiger partial charge in [-0.2, -0.15) is 0 Å². The summed E-state index contributed by atoms with van der Waals surface area (Å²) in [5, 5.41) is 11.2. The van der Waals surface area contributed by atoms with Crippen molar-refractivity contribution in [2.75, 3.05) is 30.1 Å². The first-order chi connectivity index (χ1) is 14.5. The van der Waals surface area contributed by atoms with Crippen LogP contribution in [0.3, 0.4) is 0 Å². The lowest BCUT2D eigenvalue weighted by Crippen LogP contribution is -2.29. The molecular formula is C18H22N6O4S2. The zero-order valence-electron chi connectivity index (χ0n) is 16.7. The van der Waals surface area contributed by atoms with Crippen LogP contribution in [-0.2, 0) is 0 Å². The van der Waals surface area contributed by atoms with Crippen molar-refractivity contribution >= 4 is 50.7 Å². The van der Waals surface area contributed by atoms with Gasteiger partial charge in [0.05, 0.1) is 18.2 Å². The van der Waals surface area contributed by atoms with Crippen LogP contribution in [0, 0.1) is 0 Å². The van der Waals surface area contributed by atoms with Crippen molar-refractivity contribution < 1.29 is 13.9 Å². The summed E-state index contributed by atoms with van der Waals surface area (Å²) in [6.07, 6.45) is 6.97. The van der Waals surface area contributed by atoms with Gasteiger partial charge in [0, 0.05) is 18.3 Å². The summed E-state index contributed by atoms with van der Waals surface area (Å²) in [5.74, 6) is -0.658. The molecule has 3 rings (SSSR count). The van der Waals surface area contributed by atoms with Crippen LogP contribution in [0.4, 0.5) is 16.0 Å². The van der Waals surface area contributed by atoms with Gasteiger partial charge in [-0.1, -0.05) is 11.3 Å². The minimum absolute atomic E-state index is 0.0865. The highest BCUT2D eigenvalue weighted by Crippen LogP contribution is 2.36. The molecule has 1 atom stereocenters. The highest BCUT2D eigenvalue weighted by Gasteiger charge is 2.29. The van der Waals surface area contributed by atoms with Crippen LogP contribution in [0.25, 0.3) is 0 Å². The topological polar surface area (TPSA) is 136 Å². The van der Waals surface area contributed by atoms with Gasteiger partial charge in [0.15, 0.2) is 5.76 Å². The minimum atomic E-state index is -0.710. The number of hydrogen-bond donors (Lipinski definition) is 2. The molecule has 1 unspecified atom stereocenters. The van der Waals surface area contributed by atoms with Crippen LogP contribution in [0.5, 0.6) is 5.75 Å². The van der Waals surface area contributed by atoms with Crippen molar-refractivity contribution in [2.24, 2.45) is 10.7 Å². The third-order valence-corrected chi connectivity index (χ3v) is 6.11. The Bertz CT molecular complexity index is 1030. The fourth-order valence-corrected chi connectivity index (χ4v) is 4.58. The first-order valence-electron chi connectivity index (χ1n) is 9.06. The van der Waals surface area contributed by atoms with Crippen LogP contribution >= 0.6 is 23.1 Å². The van der Waals surface area contributed by atoms with Crippen molar-refractivity contribution in [2.45, 2.75) is 25.1 Å². The number of hydrogen-bond acceptors (Lipinski definition) is 11. The third kappa shape index (κ3) is 4.82. The third-order valence-electron chi connectivity index (χ3n) is 4.34. The maximum Gasteiger partial charge on any atom is 0.381 e. The number of carbonyl (C=O) groups is 1. The molecule has 0 aliphatic carbocycles.